The molecule has 1 atom stereocenters. The third-order valence-corrected chi connectivity index (χ3v) is 4.50. The maximum absolute atomic E-state index is 12.6. The molecular weight excluding hydrogens is 443 g/mol. The highest BCUT2D eigenvalue weighted by molar-refractivity contribution is 5.71. The van der Waals surface area contributed by atoms with E-state index in [1.807, 2.05) is 0 Å². The molecule has 0 saturated heterocycles. The Balaban J connectivity index is 2.03. The Morgan fingerprint density at radius 1 is 1.18 bits per heavy atom. The Kier molecular flexibility index (Phi) is 6.97. The molecule has 0 aliphatic carbocycles. The number of nitro benzene ring substituents is 1. The fraction of sp³-hybridized carbons (Fsp3) is 0.238. The van der Waals surface area contributed by atoms with Crippen molar-refractivity contribution in [3.63, 3.8) is 0 Å². The van der Waals surface area contributed by atoms with Gasteiger partial charge in [-0.25, -0.2) is 4.98 Å². The van der Waals surface area contributed by atoms with Crippen molar-refractivity contribution in [3.8, 4) is 17.0 Å². The third-order valence-electron chi connectivity index (χ3n) is 4.50. The Morgan fingerprint density at radius 3 is 2.58 bits per heavy atom. The molecule has 0 unspecified atom stereocenters. The van der Waals surface area contributed by atoms with Gasteiger partial charge in [0.25, 0.3) is 5.69 Å². The third kappa shape index (κ3) is 6.29. The van der Waals surface area contributed by atoms with E-state index in [0.29, 0.717) is 16.8 Å². The lowest BCUT2D eigenvalue weighted by atomic mass is 10.1. The average Bonchev–Trinajstić information content (AvgIpc) is 2.73. The first-order valence-electron chi connectivity index (χ1n) is 9.69. The zero-order chi connectivity index (χ0) is 24.2. The van der Waals surface area contributed by atoms with Crippen LogP contribution in [-0.2, 0) is 0 Å². The number of anilines is 3. The van der Waals surface area contributed by atoms with Crippen LogP contribution in [0.15, 0.2) is 48.5 Å². The van der Waals surface area contributed by atoms with Crippen LogP contribution in [0.1, 0.15) is 12.5 Å². The summed E-state index contributed by atoms with van der Waals surface area (Å²) in [7, 11) is 0. The van der Waals surface area contributed by atoms with Gasteiger partial charge in [-0.05, 0) is 32.0 Å². The topological polar surface area (TPSA) is 122 Å². The van der Waals surface area contributed by atoms with E-state index in [1.54, 1.807) is 26.0 Å². The first-order valence-corrected chi connectivity index (χ1v) is 9.69. The molecule has 0 aliphatic rings. The van der Waals surface area contributed by atoms with Crippen molar-refractivity contribution in [3.05, 3.63) is 64.2 Å². The van der Waals surface area contributed by atoms with E-state index in [4.69, 9.17) is 0 Å². The number of benzene rings is 2. The van der Waals surface area contributed by atoms with E-state index in [2.05, 4.69) is 25.3 Å². The molecule has 0 radical (unpaired) electrons. The molecular formula is C21H20F3N5O4. The monoisotopic (exact) mass is 463 g/mol. The maximum atomic E-state index is 12.6. The van der Waals surface area contributed by atoms with Crippen LogP contribution in [0.25, 0.3) is 11.3 Å². The second kappa shape index (κ2) is 9.69. The van der Waals surface area contributed by atoms with E-state index in [9.17, 15) is 28.4 Å². The normalized spacial score (nSPS) is 12.2. The van der Waals surface area contributed by atoms with Crippen LogP contribution in [0.3, 0.4) is 0 Å². The zero-order valence-corrected chi connectivity index (χ0v) is 17.6. The number of nitro groups is 1. The van der Waals surface area contributed by atoms with Gasteiger partial charge in [0.05, 0.1) is 22.8 Å². The van der Waals surface area contributed by atoms with Crippen molar-refractivity contribution in [2.45, 2.75) is 26.3 Å². The zero-order valence-electron chi connectivity index (χ0n) is 17.6. The van der Waals surface area contributed by atoms with E-state index < -0.39 is 23.1 Å². The number of aromatic nitrogens is 2. The van der Waals surface area contributed by atoms with Gasteiger partial charge in [-0.1, -0.05) is 18.2 Å². The lowest BCUT2D eigenvalue weighted by molar-refractivity contribution is -0.385. The summed E-state index contributed by atoms with van der Waals surface area (Å²) in [5.74, 6) is -0.0824. The largest absolute Gasteiger partial charge is 0.573 e. The van der Waals surface area contributed by atoms with Gasteiger partial charge in [-0.3, -0.25) is 10.1 Å². The average molecular weight is 463 g/mol. The number of rotatable bonds is 8. The maximum Gasteiger partial charge on any atom is 0.573 e. The number of nitrogens with one attached hydrogen (secondary N) is 2. The number of aliphatic hydroxyl groups is 1. The van der Waals surface area contributed by atoms with Crippen LogP contribution in [0.5, 0.6) is 5.75 Å². The van der Waals surface area contributed by atoms with Gasteiger partial charge in [0.1, 0.15) is 11.6 Å². The number of hydrogen-bond donors (Lipinski definition) is 3. The molecule has 0 aliphatic heterocycles. The van der Waals surface area contributed by atoms with Crippen LogP contribution in [0.4, 0.5) is 36.3 Å². The number of alkyl halides is 3. The first-order chi connectivity index (χ1) is 15.6. The van der Waals surface area contributed by atoms with Crippen LogP contribution in [0.2, 0.25) is 0 Å². The molecule has 1 aromatic heterocycles. The van der Waals surface area contributed by atoms with Gasteiger partial charge in [-0.15, -0.1) is 13.2 Å². The van der Waals surface area contributed by atoms with Gasteiger partial charge in [0, 0.05) is 29.4 Å². The Morgan fingerprint density at radius 2 is 1.91 bits per heavy atom. The van der Waals surface area contributed by atoms with Crippen molar-refractivity contribution in [1.29, 1.82) is 0 Å². The Labute approximate surface area is 186 Å². The highest BCUT2D eigenvalue weighted by Gasteiger charge is 2.31. The van der Waals surface area contributed by atoms with Crippen LogP contribution in [0, 0.1) is 17.0 Å². The van der Waals surface area contributed by atoms with Gasteiger partial charge in [0.2, 0.25) is 5.95 Å². The summed E-state index contributed by atoms with van der Waals surface area (Å²) >= 11 is 0. The molecule has 0 amide bonds. The molecule has 33 heavy (non-hydrogen) atoms. The quantitative estimate of drug-likeness (QED) is 0.322. The number of hydrogen-bond acceptors (Lipinski definition) is 8. The fourth-order valence-electron chi connectivity index (χ4n) is 2.94. The second-order valence-electron chi connectivity index (χ2n) is 7.10. The molecule has 3 N–H and O–H groups in total. The van der Waals surface area contributed by atoms with Gasteiger partial charge < -0.3 is 20.5 Å². The molecule has 12 heteroatoms. The molecule has 0 fully saturated rings. The van der Waals surface area contributed by atoms with Crippen molar-refractivity contribution in [1.82, 2.24) is 9.97 Å². The summed E-state index contributed by atoms with van der Waals surface area (Å²) in [5, 5.41) is 26.4. The standard InChI is InChI=1S/C21H20F3N5O4/c1-12(11-30)25-20-27-17(14-5-3-6-15(9-14)33-21(22,23)24)10-19(28-20)26-16-7-4-8-18(13(16)2)29(31)32/h3-10,12,30H,11H2,1-2H3,(H2,25,26,27,28)/t12-/m1/s1. The summed E-state index contributed by atoms with van der Waals surface area (Å²) in [6, 6.07) is 10.9. The summed E-state index contributed by atoms with van der Waals surface area (Å²) in [4.78, 5) is 19.4. The number of aliphatic hydroxyl groups excluding tert-OH is 1. The summed E-state index contributed by atoms with van der Waals surface area (Å²) in [6.45, 7) is 3.05. The lowest BCUT2D eigenvalue weighted by Crippen LogP contribution is -2.21. The van der Waals surface area contributed by atoms with Crippen LogP contribution in [-0.4, -0.2) is 39.0 Å². The van der Waals surface area contributed by atoms with E-state index in [-0.39, 0.29) is 29.8 Å². The second-order valence-corrected chi connectivity index (χ2v) is 7.10. The van der Waals surface area contributed by atoms with Crippen LogP contribution < -0.4 is 15.4 Å². The Bertz CT molecular complexity index is 1160. The molecule has 0 spiro atoms. The minimum atomic E-state index is -4.85. The predicted octanol–water partition coefficient (Wildman–Crippen LogP) is 4.80. The summed E-state index contributed by atoms with van der Waals surface area (Å²) < 4.78 is 41.8. The fourth-order valence-corrected chi connectivity index (χ4v) is 2.94. The van der Waals surface area contributed by atoms with Gasteiger partial charge >= 0.3 is 6.36 Å². The van der Waals surface area contributed by atoms with E-state index in [0.717, 1.165) is 6.07 Å². The summed E-state index contributed by atoms with van der Waals surface area (Å²) in [5.41, 5.74) is 1.29. The van der Waals surface area contributed by atoms with E-state index in [1.165, 1.54) is 30.3 Å². The van der Waals surface area contributed by atoms with Crippen molar-refractivity contribution >= 4 is 23.1 Å². The molecule has 3 aromatic rings. The van der Waals surface area contributed by atoms with Crippen LogP contribution >= 0.6 is 0 Å². The smallest absolute Gasteiger partial charge is 0.406 e. The number of ether oxygens (including phenoxy) is 1. The van der Waals surface area contributed by atoms with Crippen molar-refractivity contribution < 1.29 is 27.9 Å². The molecule has 0 saturated carbocycles. The highest BCUT2D eigenvalue weighted by atomic mass is 19.4. The number of halogens is 3. The van der Waals surface area contributed by atoms with Crippen molar-refractivity contribution in [2.24, 2.45) is 0 Å². The van der Waals surface area contributed by atoms with E-state index >= 15 is 0 Å². The first kappa shape index (κ1) is 23.7. The molecule has 9 nitrogen and oxygen atoms in total. The molecule has 3 rings (SSSR count). The number of nitrogens with zero attached hydrogens (tertiary/aromatic N) is 3. The highest BCUT2D eigenvalue weighted by Crippen LogP contribution is 2.31. The minimum absolute atomic E-state index is 0.0847. The lowest BCUT2D eigenvalue weighted by Gasteiger charge is -2.15. The molecule has 0 bridgehead atoms. The molecule has 1 heterocycles. The minimum Gasteiger partial charge on any atom is -0.406 e. The van der Waals surface area contributed by atoms with Gasteiger partial charge in [0.15, 0.2) is 0 Å². The van der Waals surface area contributed by atoms with Crippen molar-refractivity contribution in [2.75, 3.05) is 17.2 Å². The predicted molar refractivity (Wildman–Crippen MR) is 115 cm³/mol. The molecule has 174 valence electrons. The summed E-state index contributed by atoms with van der Waals surface area (Å²) in [6.07, 6.45) is -4.85. The molecule has 2 aromatic carbocycles. The Hall–Kier alpha value is -3.93. The SMILES string of the molecule is Cc1c(Nc2cc(-c3cccc(OC(F)(F)F)c3)nc(N[C@H](C)CO)n2)cccc1[N+](=O)[O-]. The van der Waals surface area contributed by atoms with Gasteiger partial charge in [-0.2, -0.15) is 4.98 Å².